The van der Waals surface area contributed by atoms with Crippen LogP contribution in [0.2, 0.25) is 0 Å². The molecular formula is C39H49BrN8O4. The number of piperidine rings is 3. The second kappa shape index (κ2) is 15.5. The molecule has 13 heteroatoms. The molecule has 3 unspecified atom stereocenters. The lowest BCUT2D eigenvalue weighted by molar-refractivity contribution is -0.134. The molecule has 4 aliphatic rings. The third kappa shape index (κ3) is 7.81. The summed E-state index contributed by atoms with van der Waals surface area (Å²) >= 11 is 3.43. The number of aryl methyl sites for hydroxylation is 2. The molecule has 3 amide bonds. The lowest BCUT2D eigenvalue weighted by Crippen LogP contribution is -2.54. The molecule has 2 aromatic carbocycles. The van der Waals surface area contributed by atoms with Gasteiger partial charge in [-0.1, -0.05) is 18.2 Å². The molecule has 3 aromatic rings. The summed E-state index contributed by atoms with van der Waals surface area (Å²) in [5, 5.41) is 10.2. The Kier molecular flexibility index (Phi) is 10.8. The number of anilines is 2. The number of amides is 3. The molecule has 4 fully saturated rings. The quantitative estimate of drug-likeness (QED) is 0.347. The van der Waals surface area contributed by atoms with Crippen molar-refractivity contribution in [3.8, 4) is 0 Å². The van der Waals surface area contributed by atoms with Gasteiger partial charge in [0.15, 0.2) is 0 Å². The van der Waals surface area contributed by atoms with Crippen molar-refractivity contribution in [3.63, 3.8) is 0 Å². The van der Waals surface area contributed by atoms with E-state index in [1.165, 1.54) is 15.9 Å². The molecule has 0 aliphatic carbocycles. The first kappa shape index (κ1) is 36.3. The molecule has 2 N–H and O–H groups in total. The number of carbonyl (C=O) groups is 3. The van der Waals surface area contributed by atoms with Gasteiger partial charge < -0.3 is 20.0 Å². The Morgan fingerprint density at radius 3 is 2.35 bits per heavy atom. The van der Waals surface area contributed by atoms with Crippen LogP contribution in [0, 0.1) is 6.92 Å². The van der Waals surface area contributed by atoms with Crippen molar-refractivity contribution >= 4 is 45.0 Å². The minimum Gasteiger partial charge on any atom is -0.379 e. The van der Waals surface area contributed by atoms with Gasteiger partial charge in [0, 0.05) is 89.2 Å². The average molecular weight is 774 g/mol. The summed E-state index contributed by atoms with van der Waals surface area (Å²) in [6.45, 7) is 9.03. The maximum Gasteiger partial charge on any atom is 0.282 e. The third-order valence-corrected chi connectivity index (χ3v) is 12.3. The first-order valence-corrected chi connectivity index (χ1v) is 19.3. The molecule has 5 heterocycles. The summed E-state index contributed by atoms with van der Waals surface area (Å²) < 4.78 is 1.81. The van der Waals surface area contributed by atoms with Gasteiger partial charge in [-0.2, -0.15) is 5.10 Å². The lowest BCUT2D eigenvalue weighted by Gasteiger charge is -2.43. The fourth-order valence-corrected chi connectivity index (χ4v) is 9.07. The molecule has 0 bridgehead atoms. The minimum absolute atomic E-state index is 0.0976. The summed E-state index contributed by atoms with van der Waals surface area (Å²) in [6.07, 6.45) is 5.71. The van der Waals surface area contributed by atoms with Crippen LogP contribution in [0.1, 0.15) is 71.0 Å². The number of piperazine rings is 1. The van der Waals surface area contributed by atoms with E-state index >= 15 is 0 Å². The monoisotopic (exact) mass is 772 g/mol. The fourth-order valence-electron chi connectivity index (χ4n) is 8.59. The molecule has 276 valence electrons. The number of benzene rings is 2. The predicted molar refractivity (Wildman–Crippen MR) is 205 cm³/mol. The summed E-state index contributed by atoms with van der Waals surface area (Å²) in [4.78, 5) is 59.2. The van der Waals surface area contributed by atoms with Gasteiger partial charge in [-0.05, 0) is 102 Å². The maximum atomic E-state index is 13.6. The van der Waals surface area contributed by atoms with Crippen molar-refractivity contribution in [2.24, 2.45) is 7.05 Å². The van der Waals surface area contributed by atoms with Gasteiger partial charge >= 0.3 is 0 Å². The van der Waals surface area contributed by atoms with Crippen LogP contribution < -0.4 is 21.1 Å². The number of nitrogens with one attached hydrogen (secondary N) is 2. The van der Waals surface area contributed by atoms with E-state index in [-0.39, 0.29) is 35.2 Å². The van der Waals surface area contributed by atoms with Gasteiger partial charge in [-0.3, -0.25) is 29.4 Å². The topological polar surface area (TPSA) is 123 Å². The van der Waals surface area contributed by atoms with Crippen LogP contribution in [-0.2, 0) is 16.6 Å². The number of hydrogen-bond donors (Lipinski definition) is 2. The van der Waals surface area contributed by atoms with Crippen molar-refractivity contribution in [2.75, 3.05) is 69.6 Å². The normalized spacial score (nSPS) is 23.8. The Hall–Kier alpha value is -4.07. The number of carbonyl (C=O) groups excluding carboxylic acids is 3. The van der Waals surface area contributed by atoms with Crippen molar-refractivity contribution < 1.29 is 14.4 Å². The largest absolute Gasteiger partial charge is 0.379 e. The lowest BCUT2D eigenvalue weighted by atomic mass is 9.87. The summed E-state index contributed by atoms with van der Waals surface area (Å²) in [7, 11) is 3.75. The first-order valence-electron chi connectivity index (χ1n) is 18.5. The number of likely N-dealkylation sites (tertiary alicyclic amines) is 1. The van der Waals surface area contributed by atoms with E-state index in [1.807, 2.05) is 17.0 Å². The molecule has 0 saturated carbocycles. The van der Waals surface area contributed by atoms with E-state index in [9.17, 15) is 19.2 Å². The van der Waals surface area contributed by atoms with Crippen LogP contribution in [0.15, 0.2) is 57.9 Å². The van der Waals surface area contributed by atoms with E-state index in [1.54, 1.807) is 13.2 Å². The molecule has 7 rings (SSSR count). The highest BCUT2D eigenvalue weighted by Gasteiger charge is 2.32. The van der Waals surface area contributed by atoms with Gasteiger partial charge in [0.25, 0.3) is 11.5 Å². The zero-order chi connectivity index (χ0) is 36.5. The molecular weight excluding hydrogens is 724 g/mol. The second-order valence-electron chi connectivity index (χ2n) is 15.0. The second-order valence-corrected chi connectivity index (χ2v) is 15.8. The highest BCUT2D eigenvalue weighted by Crippen LogP contribution is 2.32. The number of hydrogen-bond acceptors (Lipinski definition) is 9. The van der Waals surface area contributed by atoms with Gasteiger partial charge in [0.1, 0.15) is 4.47 Å². The highest BCUT2D eigenvalue weighted by atomic mass is 79.9. The summed E-state index contributed by atoms with van der Waals surface area (Å²) in [6, 6.07) is 15.2. The van der Waals surface area contributed by atoms with Gasteiger partial charge in [0.05, 0.1) is 17.8 Å². The maximum absolute atomic E-state index is 13.6. The predicted octanol–water partition coefficient (Wildman–Crippen LogP) is 3.70. The van der Waals surface area contributed by atoms with Crippen molar-refractivity contribution in [1.29, 1.82) is 0 Å². The van der Waals surface area contributed by atoms with Crippen LogP contribution in [0.3, 0.4) is 0 Å². The number of halogens is 1. The molecule has 12 nitrogen and oxygen atoms in total. The minimum atomic E-state index is -0.260. The zero-order valence-electron chi connectivity index (χ0n) is 30.3. The molecule has 4 saturated heterocycles. The zero-order valence-corrected chi connectivity index (χ0v) is 31.9. The fraction of sp³-hybridized carbons (Fsp3) is 0.513. The van der Waals surface area contributed by atoms with E-state index in [0.717, 1.165) is 88.3 Å². The van der Waals surface area contributed by atoms with Crippen LogP contribution in [0.25, 0.3) is 0 Å². The number of aromatic nitrogens is 2. The van der Waals surface area contributed by atoms with Gasteiger partial charge in [-0.15, -0.1) is 0 Å². The Bertz CT molecular complexity index is 1870. The number of likely N-dealkylation sites (N-methyl/N-ethyl adjacent to an activating group) is 1. The molecule has 4 aliphatic heterocycles. The number of imide groups is 1. The van der Waals surface area contributed by atoms with E-state index in [0.29, 0.717) is 35.0 Å². The van der Waals surface area contributed by atoms with Crippen LogP contribution in [-0.4, -0.2) is 114 Å². The SMILES string of the molecule is Cc1cc(N2CCC(N3CCN(C(=O)c4ccc(C5CC(Nc6cnn(C)c(=O)c6Br)CN(C)C5)cc4)CC3)CC2)ccc1C1CCC(=O)NC1=O. The van der Waals surface area contributed by atoms with E-state index in [4.69, 9.17) is 0 Å². The first-order chi connectivity index (χ1) is 25.0. The smallest absolute Gasteiger partial charge is 0.282 e. The van der Waals surface area contributed by atoms with E-state index in [2.05, 4.69) is 90.7 Å². The average Bonchev–Trinajstić information content (AvgIpc) is 3.15. The highest BCUT2D eigenvalue weighted by molar-refractivity contribution is 9.10. The van der Waals surface area contributed by atoms with Crippen molar-refractivity contribution in [3.05, 3.63) is 85.7 Å². The Morgan fingerprint density at radius 2 is 1.65 bits per heavy atom. The Balaban J connectivity index is 0.884. The molecule has 0 radical (unpaired) electrons. The molecule has 3 atom stereocenters. The Labute approximate surface area is 313 Å². The molecule has 1 aromatic heterocycles. The third-order valence-electron chi connectivity index (χ3n) is 11.5. The molecule has 0 spiro atoms. The number of rotatable bonds is 7. The Morgan fingerprint density at radius 1 is 0.923 bits per heavy atom. The van der Waals surface area contributed by atoms with Crippen molar-refractivity contribution in [1.82, 2.24) is 29.8 Å². The molecule has 52 heavy (non-hydrogen) atoms. The number of nitrogens with zero attached hydrogens (tertiary/aromatic N) is 6. The summed E-state index contributed by atoms with van der Waals surface area (Å²) in [5.41, 5.74) is 5.78. The van der Waals surface area contributed by atoms with Crippen molar-refractivity contribution in [2.45, 2.75) is 62.9 Å². The van der Waals surface area contributed by atoms with Gasteiger partial charge in [0.2, 0.25) is 11.8 Å². The van der Waals surface area contributed by atoms with E-state index < -0.39 is 0 Å². The van der Waals surface area contributed by atoms with Crippen LogP contribution in [0.4, 0.5) is 11.4 Å². The summed E-state index contributed by atoms with van der Waals surface area (Å²) in [5.74, 6) is -0.234. The standard InChI is InChI=1S/C39H49BrN8O4/c1-25-20-31(8-9-32(25)33-10-11-35(49)43-37(33)50)46-14-12-30(13-15-46)47-16-18-48(19-17-47)38(51)27-6-4-26(5-7-27)28-21-29(24-44(2)23-28)42-34-22-41-45(3)39(52)36(34)40/h4-9,20,22,28-30,33,42H,10-19,21,23-24H2,1-3H3,(H,43,49,50). The van der Waals surface area contributed by atoms with Crippen LogP contribution in [0.5, 0.6) is 0 Å². The van der Waals surface area contributed by atoms with Crippen LogP contribution >= 0.6 is 15.9 Å². The van der Waals surface area contributed by atoms with Gasteiger partial charge in [-0.25, -0.2) is 4.68 Å².